The summed E-state index contributed by atoms with van der Waals surface area (Å²) < 4.78 is 0. The summed E-state index contributed by atoms with van der Waals surface area (Å²) in [5.41, 5.74) is 0. The van der Waals surface area contributed by atoms with Crippen LogP contribution in [0.1, 0.15) is 116 Å². The second kappa shape index (κ2) is 17.5. The van der Waals surface area contributed by atoms with E-state index in [0.29, 0.717) is 12.2 Å². The SMILES string of the molecule is CCCCCCCCC(=O)CCCCCCCCCCC(=O)O. The van der Waals surface area contributed by atoms with Gasteiger partial charge in [0.2, 0.25) is 0 Å². The maximum Gasteiger partial charge on any atom is 0.303 e. The van der Waals surface area contributed by atoms with Gasteiger partial charge in [-0.2, -0.15) is 0 Å². The van der Waals surface area contributed by atoms with Crippen LogP contribution >= 0.6 is 0 Å². The van der Waals surface area contributed by atoms with Crippen LogP contribution in [0.25, 0.3) is 0 Å². The summed E-state index contributed by atoms with van der Waals surface area (Å²) in [4.78, 5) is 22.1. The van der Waals surface area contributed by atoms with E-state index in [-0.39, 0.29) is 0 Å². The lowest BCUT2D eigenvalue weighted by molar-refractivity contribution is -0.137. The quantitative estimate of drug-likeness (QED) is 0.301. The molecular weight excluding hydrogens is 288 g/mol. The van der Waals surface area contributed by atoms with Crippen LogP contribution < -0.4 is 0 Å². The van der Waals surface area contributed by atoms with E-state index in [9.17, 15) is 9.59 Å². The normalized spacial score (nSPS) is 10.8. The van der Waals surface area contributed by atoms with Crippen molar-refractivity contribution in [2.24, 2.45) is 0 Å². The van der Waals surface area contributed by atoms with E-state index >= 15 is 0 Å². The highest BCUT2D eigenvalue weighted by Gasteiger charge is 2.02. The molecule has 0 aliphatic rings. The monoisotopic (exact) mass is 326 g/mol. The number of aliphatic carboxylic acids is 1. The Morgan fingerprint density at radius 2 is 0.913 bits per heavy atom. The van der Waals surface area contributed by atoms with Crippen molar-refractivity contribution in [3.8, 4) is 0 Å². The van der Waals surface area contributed by atoms with Crippen LogP contribution in [0.5, 0.6) is 0 Å². The largest absolute Gasteiger partial charge is 0.481 e. The Labute approximate surface area is 143 Å². The second-order valence-corrected chi connectivity index (χ2v) is 6.78. The zero-order valence-corrected chi connectivity index (χ0v) is 15.3. The molecule has 0 unspecified atom stereocenters. The van der Waals surface area contributed by atoms with Crippen LogP contribution in [0, 0.1) is 0 Å². The number of carbonyl (C=O) groups is 2. The predicted molar refractivity (Wildman–Crippen MR) is 96.8 cm³/mol. The Morgan fingerprint density at radius 1 is 0.565 bits per heavy atom. The first-order chi connectivity index (χ1) is 11.2. The summed E-state index contributed by atoms with van der Waals surface area (Å²) in [6.45, 7) is 2.23. The molecular formula is C20H38O3. The van der Waals surface area contributed by atoms with Gasteiger partial charge in [0.05, 0.1) is 0 Å². The van der Waals surface area contributed by atoms with Crippen molar-refractivity contribution >= 4 is 11.8 Å². The molecule has 0 spiro atoms. The lowest BCUT2D eigenvalue weighted by Gasteiger charge is -2.03. The fourth-order valence-corrected chi connectivity index (χ4v) is 2.89. The van der Waals surface area contributed by atoms with Gasteiger partial charge in [0, 0.05) is 19.3 Å². The number of hydrogen-bond donors (Lipinski definition) is 1. The minimum Gasteiger partial charge on any atom is -0.481 e. The minimum atomic E-state index is -0.685. The van der Waals surface area contributed by atoms with Crippen molar-refractivity contribution in [3.05, 3.63) is 0 Å². The molecule has 1 N–H and O–H groups in total. The number of carboxylic acid groups (broad SMARTS) is 1. The van der Waals surface area contributed by atoms with E-state index < -0.39 is 5.97 Å². The van der Waals surface area contributed by atoms with Gasteiger partial charge in [0.25, 0.3) is 0 Å². The second-order valence-electron chi connectivity index (χ2n) is 6.78. The number of ketones is 1. The molecule has 0 aliphatic carbocycles. The number of carboxylic acids is 1. The van der Waals surface area contributed by atoms with Crippen LogP contribution in [0.3, 0.4) is 0 Å². The van der Waals surface area contributed by atoms with Gasteiger partial charge in [0.15, 0.2) is 0 Å². The third-order valence-corrected chi connectivity index (χ3v) is 4.41. The standard InChI is InChI=1S/C20H38O3/c1-2-3-4-5-10-13-16-19(21)17-14-11-8-6-7-9-12-15-18-20(22)23/h2-18H2,1H3,(H,22,23). The molecule has 0 heterocycles. The van der Waals surface area contributed by atoms with Gasteiger partial charge in [-0.05, 0) is 19.3 Å². The van der Waals surface area contributed by atoms with Crippen LogP contribution in [-0.2, 0) is 9.59 Å². The maximum atomic E-state index is 11.7. The van der Waals surface area contributed by atoms with Crippen molar-refractivity contribution in [1.29, 1.82) is 0 Å². The van der Waals surface area contributed by atoms with E-state index in [4.69, 9.17) is 5.11 Å². The van der Waals surface area contributed by atoms with Gasteiger partial charge in [-0.15, -0.1) is 0 Å². The number of Topliss-reactive ketones (excluding diaryl/α,β-unsaturated/α-hetero) is 1. The highest BCUT2D eigenvalue weighted by molar-refractivity contribution is 5.78. The van der Waals surface area contributed by atoms with E-state index in [0.717, 1.165) is 51.4 Å². The van der Waals surface area contributed by atoms with Crippen LogP contribution in [-0.4, -0.2) is 16.9 Å². The molecule has 0 aromatic carbocycles. The average Bonchev–Trinajstić information content (AvgIpc) is 2.52. The molecule has 0 bridgehead atoms. The van der Waals surface area contributed by atoms with E-state index in [1.165, 1.54) is 51.4 Å². The number of rotatable bonds is 18. The van der Waals surface area contributed by atoms with Gasteiger partial charge in [-0.1, -0.05) is 77.6 Å². The molecule has 0 atom stereocenters. The van der Waals surface area contributed by atoms with Crippen molar-refractivity contribution in [1.82, 2.24) is 0 Å². The first kappa shape index (κ1) is 22.1. The smallest absolute Gasteiger partial charge is 0.303 e. The van der Waals surface area contributed by atoms with Gasteiger partial charge in [-0.25, -0.2) is 0 Å². The topological polar surface area (TPSA) is 54.4 Å². The Morgan fingerprint density at radius 3 is 1.30 bits per heavy atom. The molecule has 0 aromatic heterocycles. The summed E-state index contributed by atoms with van der Waals surface area (Å²) >= 11 is 0. The first-order valence-electron chi connectivity index (χ1n) is 9.90. The predicted octanol–water partition coefficient (Wildman–Crippen LogP) is 6.29. The summed E-state index contributed by atoms with van der Waals surface area (Å²) in [5, 5.41) is 8.53. The summed E-state index contributed by atoms with van der Waals surface area (Å²) in [7, 11) is 0. The molecule has 3 heteroatoms. The molecule has 0 amide bonds. The zero-order valence-electron chi connectivity index (χ0n) is 15.3. The maximum absolute atomic E-state index is 11.7. The number of unbranched alkanes of at least 4 members (excludes halogenated alkanes) is 12. The van der Waals surface area contributed by atoms with Gasteiger partial charge in [0.1, 0.15) is 5.78 Å². The van der Waals surface area contributed by atoms with Gasteiger partial charge in [-0.3, -0.25) is 9.59 Å². The lowest BCUT2D eigenvalue weighted by atomic mass is 10.0. The minimum absolute atomic E-state index is 0.306. The van der Waals surface area contributed by atoms with E-state index in [1.54, 1.807) is 0 Å². The van der Waals surface area contributed by atoms with Crippen molar-refractivity contribution in [2.75, 3.05) is 0 Å². The Balaban J connectivity index is 3.16. The molecule has 23 heavy (non-hydrogen) atoms. The van der Waals surface area contributed by atoms with Crippen molar-refractivity contribution < 1.29 is 14.7 Å². The molecule has 3 nitrogen and oxygen atoms in total. The third-order valence-electron chi connectivity index (χ3n) is 4.41. The van der Waals surface area contributed by atoms with Gasteiger partial charge < -0.3 is 5.11 Å². The summed E-state index contributed by atoms with van der Waals surface area (Å²) in [5.74, 6) is -0.232. The van der Waals surface area contributed by atoms with Crippen LogP contribution in [0.15, 0.2) is 0 Å². The summed E-state index contributed by atoms with van der Waals surface area (Å²) in [6.07, 6.45) is 18.2. The Kier molecular flexibility index (Phi) is 16.8. The fourth-order valence-electron chi connectivity index (χ4n) is 2.89. The van der Waals surface area contributed by atoms with Crippen molar-refractivity contribution in [3.63, 3.8) is 0 Å². The van der Waals surface area contributed by atoms with Crippen LogP contribution in [0.2, 0.25) is 0 Å². The van der Waals surface area contributed by atoms with Gasteiger partial charge >= 0.3 is 5.97 Å². The first-order valence-corrected chi connectivity index (χ1v) is 9.90. The third kappa shape index (κ3) is 19.1. The molecule has 0 rings (SSSR count). The molecule has 136 valence electrons. The Hall–Kier alpha value is -0.860. The molecule has 0 radical (unpaired) electrons. The molecule has 0 aliphatic heterocycles. The zero-order chi connectivity index (χ0) is 17.2. The molecule has 0 fully saturated rings. The molecule has 0 saturated heterocycles. The van der Waals surface area contributed by atoms with Crippen molar-refractivity contribution in [2.45, 2.75) is 116 Å². The highest BCUT2D eigenvalue weighted by atomic mass is 16.4. The fraction of sp³-hybridized carbons (Fsp3) is 0.900. The molecule has 0 aromatic rings. The van der Waals surface area contributed by atoms with E-state index in [1.807, 2.05) is 0 Å². The number of hydrogen-bond acceptors (Lipinski definition) is 2. The molecule has 0 saturated carbocycles. The number of carbonyl (C=O) groups excluding carboxylic acids is 1. The lowest BCUT2D eigenvalue weighted by Crippen LogP contribution is -1.97. The van der Waals surface area contributed by atoms with E-state index in [2.05, 4.69) is 6.92 Å². The highest BCUT2D eigenvalue weighted by Crippen LogP contribution is 2.12. The van der Waals surface area contributed by atoms with Crippen LogP contribution in [0.4, 0.5) is 0 Å². The summed E-state index contributed by atoms with van der Waals surface area (Å²) in [6, 6.07) is 0. The Bertz CT molecular complexity index is 287. The average molecular weight is 327 g/mol.